The van der Waals surface area contributed by atoms with Crippen LogP contribution >= 0.6 is 11.8 Å². The molecule has 2 aromatic heterocycles. The van der Waals surface area contributed by atoms with Crippen LogP contribution in [0.25, 0.3) is 0 Å². The minimum Gasteiger partial charge on any atom is -0.481 e. The van der Waals surface area contributed by atoms with Gasteiger partial charge in [-0.15, -0.1) is 0 Å². The molecule has 0 spiro atoms. The molecule has 96 valence electrons. The molecule has 0 unspecified atom stereocenters. The van der Waals surface area contributed by atoms with Crippen LogP contribution in [0.1, 0.15) is 17.2 Å². The lowest BCUT2D eigenvalue weighted by atomic mass is 10.4. The second kappa shape index (κ2) is 5.30. The van der Waals surface area contributed by atoms with Crippen molar-refractivity contribution in [3.05, 3.63) is 35.5 Å². The highest BCUT2D eigenvalue weighted by molar-refractivity contribution is 7.99. The molecule has 0 aromatic carbocycles. The maximum atomic E-state index is 10.6. The van der Waals surface area contributed by atoms with Gasteiger partial charge in [0, 0.05) is 6.20 Å². The Balaban J connectivity index is 2.14. The zero-order chi connectivity index (χ0) is 13.1. The van der Waals surface area contributed by atoms with Gasteiger partial charge < -0.3 is 14.1 Å². The summed E-state index contributed by atoms with van der Waals surface area (Å²) < 4.78 is 7.41. The van der Waals surface area contributed by atoms with Crippen LogP contribution in [0.4, 0.5) is 0 Å². The second-order valence-corrected chi connectivity index (χ2v) is 4.93. The van der Waals surface area contributed by atoms with E-state index in [2.05, 4.69) is 4.98 Å². The lowest BCUT2D eigenvalue weighted by Crippen LogP contribution is -2.03. The lowest BCUT2D eigenvalue weighted by molar-refractivity contribution is -0.133. The van der Waals surface area contributed by atoms with E-state index in [0.717, 1.165) is 17.2 Å². The van der Waals surface area contributed by atoms with Crippen LogP contribution in [0.2, 0.25) is 0 Å². The maximum absolute atomic E-state index is 10.6. The first-order valence-electron chi connectivity index (χ1n) is 5.48. The van der Waals surface area contributed by atoms with Crippen molar-refractivity contribution >= 4 is 17.7 Å². The molecule has 0 atom stereocenters. The van der Waals surface area contributed by atoms with Gasteiger partial charge in [-0.2, -0.15) is 0 Å². The van der Waals surface area contributed by atoms with Gasteiger partial charge >= 0.3 is 5.97 Å². The summed E-state index contributed by atoms with van der Waals surface area (Å²) in [5.41, 5.74) is 0.867. The van der Waals surface area contributed by atoms with Crippen LogP contribution in [0, 0.1) is 13.8 Å². The van der Waals surface area contributed by atoms with Gasteiger partial charge in [0.15, 0.2) is 5.16 Å². The standard InChI is InChI=1S/C12H14N2O3S/c1-8-5-14(6-10-4-3-9(2)17-10)12(13-8)18-7-11(15)16/h3-5H,6-7H2,1-2H3,(H,15,16). The zero-order valence-electron chi connectivity index (χ0n) is 10.2. The average Bonchev–Trinajstić information content (AvgIpc) is 2.83. The molecule has 2 heterocycles. The molecule has 0 fully saturated rings. The molecule has 0 aliphatic heterocycles. The number of carboxylic acid groups (broad SMARTS) is 1. The van der Waals surface area contributed by atoms with E-state index in [1.54, 1.807) is 0 Å². The molecule has 0 aliphatic rings. The third-order valence-electron chi connectivity index (χ3n) is 2.31. The van der Waals surface area contributed by atoms with E-state index in [9.17, 15) is 4.79 Å². The van der Waals surface area contributed by atoms with E-state index in [4.69, 9.17) is 9.52 Å². The Kier molecular flexibility index (Phi) is 3.76. The van der Waals surface area contributed by atoms with Crippen LogP contribution < -0.4 is 0 Å². The van der Waals surface area contributed by atoms with Crippen molar-refractivity contribution in [3.63, 3.8) is 0 Å². The van der Waals surface area contributed by atoms with Gasteiger partial charge in [0.2, 0.25) is 0 Å². The molecule has 2 rings (SSSR count). The summed E-state index contributed by atoms with van der Waals surface area (Å²) in [6.07, 6.45) is 1.89. The molecule has 0 bridgehead atoms. The van der Waals surface area contributed by atoms with Crippen LogP contribution in [0.3, 0.4) is 0 Å². The molecular weight excluding hydrogens is 252 g/mol. The number of aliphatic carboxylic acids is 1. The number of aromatic nitrogens is 2. The predicted octanol–water partition coefficient (Wildman–Crippen LogP) is 2.32. The number of furan rings is 1. The van der Waals surface area contributed by atoms with Crippen molar-refractivity contribution in [2.24, 2.45) is 0 Å². The van der Waals surface area contributed by atoms with Gasteiger partial charge in [-0.1, -0.05) is 11.8 Å². The van der Waals surface area contributed by atoms with Crippen LogP contribution in [0.5, 0.6) is 0 Å². The minimum atomic E-state index is -0.846. The van der Waals surface area contributed by atoms with Crippen molar-refractivity contribution in [2.45, 2.75) is 25.5 Å². The Morgan fingerprint density at radius 1 is 1.50 bits per heavy atom. The quantitative estimate of drug-likeness (QED) is 0.841. The maximum Gasteiger partial charge on any atom is 0.313 e. The third-order valence-corrected chi connectivity index (χ3v) is 3.28. The Hall–Kier alpha value is -1.69. The fraction of sp³-hybridized carbons (Fsp3) is 0.333. The molecule has 0 amide bonds. The van der Waals surface area contributed by atoms with Crippen LogP contribution in [0.15, 0.2) is 27.9 Å². The minimum absolute atomic E-state index is 0.00758. The Bertz CT molecular complexity index is 559. The summed E-state index contributed by atoms with van der Waals surface area (Å²) in [5.74, 6) is 0.859. The molecule has 5 nitrogen and oxygen atoms in total. The Morgan fingerprint density at radius 2 is 2.28 bits per heavy atom. The summed E-state index contributed by atoms with van der Waals surface area (Å²) in [6.45, 7) is 4.34. The average molecular weight is 266 g/mol. The van der Waals surface area contributed by atoms with Gasteiger partial charge in [-0.25, -0.2) is 4.98 Å². The normalized spacial score (nSPS) is 10.8. The van der Waals surface area contributed by atoms with Crippen molar-refractivity contribution in [3.8, 4) is 0 Å². The number of thioether (sulfide) groups is 1. The summed E-state index contributed by atoms with van der Waals surface area (Å²) in [6, 6.07) is 3.82. The van der Waals surface area contributed by atoms with Crippen molar-refractivity contribution in [1.82, 2.24) is 9.55 Å². The van der Waals surface area contributed by atoms with Crippen molar-refractivity contribution in [2.75, 3.05) is 5.75 Å². The highest BCUT2D eigenvalue weighted by Crippen LogP contribution is 2.19. The summed E-state index contributed by atoms with van der Waals surface area (Å²) >= 11 is 1.21. The largest absolute Gasteiger partial charge is 0.481 e. The number of carboxylic acids is 1. The topological polar surface area (TPSA) is 68.3 Å². The third kappa shape index (κ3) is 3.16. The molecule has 1 N–H and O–H groups in total. The molecule has 2 aromatic rings. The molecule has 0 aliphatic carbocycles. The number of rotatable bonds is 5. The molecule has 0 saturated carbocycles. The highest BCUT2D eigenvalue weighted by Gasteiger charge is 2.10. The first-order chi connectivity index (χ1) is 8.54. The Labute approximate surface area is 109 Å². The van der Waals surface area contributed by atoms with Crippen LogP contribution in [-0.4, -0.2) is 26.4 Å². The second-order valence-electron chi connectivity index (χ2n) is 3.99. The fourth-order valence-electron chi connectivity index (χ4n) is 1.62. The molecule has 18 heavy (non-hydrogen) atoms. The zero-order valence-corrected chi connectivity index (χ0v) is 11.0. The number of imidazole rings is 1. The molecular formula is C12H14N2O3S. The first-order valence-corrected chi connectivity index (χ1v) is 6.47. The van der Waals surface area contributed by atoms with Gasteiger partial charge in [-0.3, -0.25) is 4.79 Å². The SMILES string of the molecule is Cc1cn(Cc2ccc(C)o2)c(SCC(=O)O)n1. The predicted molar refractivity (Wildman–Crippen MR) is 67.9 cm³/mol. The summed E-state index contributed by atoms with van der Waals surface area (Å²) in [7, 11) is 0. The smallest absolute Gasteiger partial charge is 0.313 e. The number of aryl methyl sites for hydroxylation is 2. The van der Waals surface area contributed by atoms with Crippen molar-refractivity contribution in [1.29, 1.82) is 0 Å². The monoisotopic (exact) mass is 266 g/mol. The van der Waals surface area contributed by atoms with E-state index in [-0.39, 0.29) is 5.75 Å². The van der Waals surface area contributed by atoms with Gasteiger partial charge in [0.1, 0.15) is 11.5 Å². The van der Waals surface area contributed by atoms with Gasteiger partial charge in [-0.05, 0) is 26.0 Å². The van der Waals surface area contributed by atoms with Gasteiger partial charge in [0.25, 0.3) is 0 Å². The molecule has 0 saturated heterocycles. The number of hydrogen-bond acceptors (Lipinski definition) is 4. The fourth-order valence-corrected chi connectivity index (χ4v) is 2.36. The van der Waals surface area contributed by atoms with Crippen LogP contribution in [-0.2, 0) is 11.3 Å². The summed E-state index contributed by atoms with van der Waals surface area (Å²) in [4.78, 5) is 14.9. The number of hydrogen-bond donors (Lipinski definition) is 1. The lowest BCUT2D eigenvalue weighted by Gasteiger charge is -2.04. The van der Waals surface area contributed by atoms with E-state index in [0.29, 0.717) is 11.7 Å². The number of nitrogens with zero attached hydrogens (tertiary/aromatic N) is 2. The Morgan fingerprint density at radius 3 is 2.89 bits per heavy atom. The van der Waals surface area contributed by atoms with E-state index < -0.39 is 5.97 Å². The molecule has 0 radical (unpaired) electrons. The summed E-state index contributed by atoms with van der Waals surface area (Å²) in [5, 5.41) is 9.39. The van der Waals surface area contributed by atoms with Gasteiger partial charge in [0.05, 0.1) is 18.0 Å². The van der Waals surface area contributed by atoms with Crippen molar-refractivity contribution < 1.29 is 14.3 Å². The molecule has 6 heteroatoms. The first kappa shape index (κ1) is 12.8. The highest BCUT2D eigenvalue weighted by atomic mass is 32.2. The van der Waals surface area contributed by atoms with E-state index in [1.165, 1.54) is 11.8 Å². The van der Waals surface area contributed by atoms with E-state index >= 15 is 0 Å². The van der Waals surface area contributed by atoms with E-state index in [1.807, 2.05) is 36.7 Å². The number of carbonyl (C=O) groups is 1.